The van der Waals surface area contributed by atoms with E-state index in [0.29, 0.717) is 11.6 Å². The molecule has 0 aliphatic heterocycles. The number of aromatic amines is 1. The van der Waals surface area contributed by atoms with Gasteiger partial charge in [-0.3, -0.25) is 4.79 Å². The number of rotatable bonds is 3. The Bertz CT molecular complexity index is 650. The lowest BCUT2D eigenvalue weighted by Crippen LogP contribution is -2.10. The summed E-state index contributed by atoms with van der Waals surface area (Å²) in [6, 6.07) is 1.49. The van der Waals surface area contributed by atoms with Gasteiger partial charge in [-0.15, -0.1) is 5.10 Å². The summed E-state index contributed by atoms with van der Waals surface area (Å²) in [6.45, 7) is 0. The third kappa shape index (κ3) is 2.22. The smallest absolute Gasteiger partial charge is 0.251 e. The molecule has 6 nitrogen and oxygen atoms in total. The lowest BCUT2D eigenvalue weighted by atomic mass is 10.3. The molecule has 18 heavy (non-hydrogen) atoms. The third-order valence-corrected chi connectivity index (χ3v) is 2.92. The van der Waals surface area contributed by atoms with Crippen molar-refractivity contribution >= 4 is 12.2 Å². The van der Waals surface area contributed by atoms with Crippen LogP contribution in [-0.4, -0.2) is 25.0 Å². The fourth-order valence-electron chi connectivity index (χ4n) is 1.75. The van der Waals surface area contributed by atoms with Crippen molar-refractivity contribution in [3.63, 3.8) is 0 Å². The first-order chi connectivity index (χ1) is 8.72. The highest BCUT2D eigenvalue weighted by atomic mass is 16.1. The van der Waals surface area contributed by atoms with Crippen LogP contribution in [0.4, 0.5) is 0 Å². The molecule has 0 spiro atoms. The van der Waals surface area contributed by atoms with E-state index in [1.165, 1.54) is 6.07 Å². The Kier molecular flexibility index (Phi) is 2.55. The van der Waals surface area contributed by atoms with Gasteiger partial charge < -0.3 is 4.98 Å². The van der Waals surface area contributed by atoms with Crippen LogP contribution in [0.15, 0.2) is 17.1 Å². The van der Waals surface area contributed by atoms with Gasteiger partial charge in [0.2, 0.25) is 0 Å². The Balaban J connectivity index is 1.90. The highest BCUT2D eigenvalue weighted by Gasteiger charge is 2.26. The monoisotopic (exact) mass is 243 g/mol. The van der Waals surface area contributed by atoms with Crippen LogP contribution in [0.3, 0.4) is 0 Å². The molecule has 0 atom stereocenters. The van der Waals surface area contributed by atoms with E-state index in [-0.39, 0.29) is 5.56 Å². The summed E-state index contributed by atoms with van der Waals surface area (Å²) in [5, 5.41) is 7.61. The van der Waals surface area contributed by atoms with Gasteiger partial charge in [-0.2, -0.15) is 0 Å². The summed E-state index contributed by atoms with van der Waals surface area (Å²) >= 11 is 0. The number of H-pyrrole nitrogens is 1. The number of aryl methyl sites for hydroxylation is 1. The lowest BCUT2D eigenvalue weighted by molar-refractivity contribution is 0.709. The molecule has 1 aliphatic rings. The van der Waals surface area contributed by atoms with Gasteiger partial charge >= 0.3 is 0 Å². The number of hydrogen-bond acceptors (Lipinski definition) is 4. The lowest BCUT2D eigenvalue weighted by Gasteiger charge is -1.98. The maximum Gasteiger partial charge on any atom is 0.251 e. The highest BCUT2D eigenvalue weighted by molar-refractivity contribution is 5.65. The normalized spacial score (nSPS) is 15.4. The van der Waals surface area contributed by atoms with Gasteiger partial charge in [0.25, 0.3) is 5.56 Å². The fourth-order valence-corrected chi connectivity index (χ4v) is 1.75. The van der Waals surface area contributed by atoms with Crippen molar-refractivity contribution in [2.45, 2.75) is 18.8 Å². The van der Waals surface area contributed by atoms with Crippen molar-refractivity contribution in [2.24, 2.45) is 7.05 Å². The van der Waals surface area contributed by atoms with Crippen LogP contribution in [0.2, 0.25) is 0 Å². The Labute approximate surface area is 103 Å². The van der Waals surface area contributed by atoms with Crippen LogP contribution in [0.25, 0.3) is 12.2 Å². The van der Waals surface area contributed by atoms with Crippen LogP contribution in [0.1, 0.15) is 36.0 Å². The van der Waals surface area contributed by atoms with Crippen molar-refractivity contribution < 1.29 is 0 Å². The number of nitrogens with one attached hydrogen (secondary N) is 1. The largest absolute Gasteiger partial charge is 0.310 e. The van der Waals surface area contributed by atoms with E-state index in [1.54, 1.807) is 17.0 Å². The zero-order valence-corrected chi connectivity index (χ0v) is 10.00. The van der Waals surface area contributed by atoms with E-state index in [0.717, 1.165) is 24.4 Å². The van der Waals surface area contributed by atoms with Crippen molar-refractivity contribution in [3.8, 4) is 0 Å². The van der Waals surface area contributed by atoms with Crippen molar-refractivity contribution in [3.05, 3.63) is 39.8 Å². The highest BCUT2D eigenvalue weighted by Crippen LogP contribution is 2.37. The van der Waals surface area contributed by atoms with E-state index < -0.39 is 0 Å². The molecule has 1 aliphatic carbocycles. The number of nitrogens with zero attached hydrogens (tertiary/aromatic N) is 4. The minimum atomic E-state index is -0.102. The van der Waals surface area contributed by atoms with E-state index >= 15 is 0 Å². The molecule has 0 unspecified atom stereocenters. The average Bonchev–Trinajstić information content (AvgIpc) is 3.11. The second-order valence-electron chi connectivity index (χ2n) is 4.45. The van der Waals surface area contributed by atoms with Crippen LogP contribution in [0, 0.1) is 0 Å². The van der Waals surface area contributed by atoms with Gasteiger partial charge in [0.15, 0.2) is 0 Å². The van der Waals surface area contributed by atoms with Crippen LogP contribution >= 0.6 is 0 Å². The Morgan fingerprint density at radius 2 is 2.28 bits per heavy atom. The van der Waals surface area contributed by atoms with Gasteiger partial charge in [0.1, 0.15) is 5.82 Å². The summed E-state index contributed by atoms with van der Waals surface area (Å²) in [5.74, 6) is 1.23. The summed E-state index contributed by atoms with van der Waals surface area (Å²) in [6.07, 6.45) is 7.53. The first-order valence-electron chi connectivity index (χ1n) is 5.86. The first-order valence-corrected chi connectivity index (χ1v) is 5.86. The predicted molar refractivity (Wildman–Crippen MR) is 66.8 cm³/mol. The maximum atomic E-state index is 11.5. The third-order valence-electron chi connectivity index (χ3n) is 2.92. The SMILES string of the molecule is Cn1nncc1/C=C/c1cc(=O)[nH]c(C2CC2)n1. The molecule has 0 amide bonds. The van der Waals surface area contributed by atoms with Gasteiger partial charge in [-0.25, -0.2) is 9.67 Å². The Morgan fingerprint density at radius 3 is 2.94 bits per heavy atom. The minimum absolute atomic E-state index is 0.102. The molecule has 92 valence electrons. The predicted octanol–water partition coefficient (Wildman–Crippen LogP) is 0.946. The fraction of sp³-hybridized carbons (Fsp3) is 0.333. The molecule has 1 N–H and O–H groups in total. The summed E-state index contributed by atoms with van der Waals surface area (Å²) < 4.78 is 1.66. The zero-order valence-electron chi connectivity index (χ0n) is 10.00. The maximum absolute atomic E-state index is 11.5. The van der Waals surface area contributed by atoms with Crippen LogP contribution < -0.4 is 5.56 Å². The van der Waals surface area contributed by atoms with Crippen LogP contribution in [0.5, 0.6) is 0 Å². The van der Waals surface area contributed by atoms with Gasteiger partial charge in [-0.05, 0) is 25.0 Å². The number of aromatic nitrogens is 5. The standard InChI is InChI=1S/C12H13N5O/c1-17-10(7-13-16-17)5-4-9-6-11(18)15-12(14-9)8-2-3-8/h4-8H,2-3H2,1H3,(H,14,15,18)/b5-4+. The second kappa shape index (κ2) is 4.21. The molecule has 2 aromatic heterocycles. The Morgan fingerprint density at radius 1 is 1.44 bits per heavy atom. The zero-order chi connectivity index (χ0) is 12.5. The minimum Gasteiger partial charge on any atom is -0.310 e. The molecule has 0 aromatic carbocycles. The molecule has 1 saturated carbocycles. The molecular formula is C12H13N5O. The van der Waals surface area contributed by atoms with Crippen molar-refractivity contribution in [1.29, 1.82) is 0 Å². The molecule has 2 aromatic rings. The molecule has 0 bridgehead atoms. The summed E-state index contributed by atoms with van der Waals surface area (Å²) in [7, 11) is 1.81. The molecule has 0 radical (unpaired) electrons. The van der Waals surface area contributed by atoms with E-state index in [4.69, 9.17) is 0 Å². The molecule has 1 fully saturated rings. The topological polar surface area (TPSA) is 76.5 Å². The molecule has 2 heterocycles. The molecule has 0 saturated heterocycles. The van der Waals surface area contributed by atoms with Gasteiger partial charge in [0, 0.05) is 19.0 Å². The van der Waals surface area contributed by atoms with E-state index in [1.807, 2.05) is 13.1 Å². The van der Waals surface area contributed by atoms with Crippen molar-refractivity contribution in [2.75, 3.05) is 0 Å². The van der Waals surface area contributed by atoms with Crippen LogP contribution in [-0.2, 0) is 7.05 Å². The molecule has 3 rings (SSSR count). The summed E-state index contributed by atoms with van der Waals surface area (Å²) in [4.78, 5) is 18.7. The molecular weight excluding hydrogens is 230 g/mol. The quantitative estimate of drug-likeness (QED) is 0.870. The summed E-state index contributed by atoms with van der Waals surface area (Å²) in [5.41, 5.74) is 1.43. The molecule has 6 heteroatoms. The van der Waals surface area contributed by atoms with E-state index in [2.05, 4.69) is 20.3 Å². The Hall–Kier alpha value is -2.24. The van der Waals surface area contributed by atoms with Gasteiger partial charge in [-0.1, -0.05) is 5.21 Å². The average molecular weight is 243 g/mol. The number of hydrogen-bond donors (Lipinski definition) is 1. The van der Waals surface area contributed by atoms with Crippen molar-refractivity contribution in [1.82, 2.24) is 25.0 Å². The second-order valence-corrected chi connectivity index (χ2v) is 4.45. The van der Waals surface area contributed by atoms with Gasteiger partial charge in [0.05, 0.1) is 17.6 Å². The first kappa shape index (κ1) is 10.9. The van der Waals surface area contributed by atoms with E-state index in [9.17, 15) is 4.79 Å².